The lowest BCUT2D eigenvalue weighted by molar-refractivity contribution is -0.870. The number of likely N-dealkylation sites (N-methyl/N-ethyl adjacent to an activating group) is 1. The van der Waals surface area contributed by atoms with Gasteiger partial charge in [0.15, 0.2) is 0 Å². The van der Waals surface area contributed by atoms with Gasteiger partial charge < -0.3 is 19.4 Å². The molecule has 0 heterocycles. The number of phosphoric ester groups is 1. The molecule has 2 N–H and O–H groups in total. The van der Waals surface area contributed by atoms with Gasteiger partial charge in [-0.1, -0.05) is 290 Å². The van der Waals surface area contributed by atoms with Crippen LogP contribution in [0.1, 0.15) is 323 Å². The summed E-state index contributed by atoms with van der Waals surface area (Å²) in [5.41, 5.74) is 0. The predicted molar refractivity (Wildman–Crippen MR) is 310 cm³/mol. The van der Waals surface area contributed by atoms with Crippen LogP contribution in [-0.2, 0) is 27.9 Å². The first-order chi connectivity index (χ1) is 34.9. The van der Waals surface area contributed by atoms with Crippen LogP contribution in [0.4, 0.5) is 0 Å². The Morgan fingerprint density at radius 1 is 0.472 bits per heavy atom. The number of ether oxygens (including phenoxy) is 1. The molecule has 3 atom stereocenters. The van der Waals surface area contributed by atoms with Crippen LogP contribution < -0.4 is 5.32 Å². The van der Waals surface area contributed by atoms with Gasteiger partial charge in [0.05, 0.1) is 33.8 Å². The molecular weight excluding hydrogens is 916 g/mol. The van der Waals surface area contributed by atoms with E-state index < -0.39 is 20.0 Å². The third-order valence-electron chi connectivity index (χ3n) is 14.5. The Balaban J connectivity index is 5.19. The number of unbranched alkanes of at least 4 members (excludes halogenated alkanes) is 42. The first kappa shape index (κ1) is 70.8. The van der Waals surface area contributed by atoms with Gasteiger partial charge in [0.25, 0.3) is 0 Å². The van der Waals surface area contributed by atoms with E-state index in [1.54, 1.807) is 0 Å². The van der Waals surface area contributed by atoms with Crippen LogP contribution in [0.25, 0.3) is 0 Å². The molecule has 0 rings (SSSR count). The number of hydrogen-bond donors (Lipinski definition) is 2. The number of carbonyl (C=O) groups excluding carboxylic acids is 2. The lowest BCUT2D eigenvalue weighted by Gasteiger charge is -2.27. The molecule has 0 aromatic rings. The minimum atomic E-state index is -4.44. The molecule has 0 fully saturated rings. The minimum Gasteiger partial charge on any atom is -0.456 e. The van der Waals surface area contributed by atoms with Gasteiger partial charge in [0.1, 0.15) is 19.3 Å². The SMILES string of the molecule is CCCCCCCCCCCC/C=C/C(OC(=O)CCCCCCCCCCCCCCCCCCCCC)C(COP(=O)(O)OCC[N+](C)(C)C)NC(=O)CCCCCCCCCCCCCCCCC. The molecule has 0 aliphatic carbocycles. The van der Waals surface area contributed by atoms with Gasteiger partial charge in [-0.05, 0) is 31.8 Å². The fourth-order valence-corrected chi connectivity index (χ4v) is 10.3. The Morgan fingerprint density at radius 3 is 1.14 bits per heavy atom. The molecule has 0 spiro atoms. The number of nitrogens with zero attached hydrogens (tertiary/aromatic N) is 1. The third-order valence-corrected chi connectivity index (χ3v) is 15.5. The van der Waals surface area contributed by atoms with Crippen LogP contribution in [0.3, 0.4) is 0 Å². The van der Waals surface area contributed by atoms with Crippen molar-refractivity contribution >= 4 is 19.7 Å². The normalized spacial score (nSPS) is 13.7. The Labute approximate surface area is 448 Å². The van der Waals surface area contributed by atoms with E-state index in [-0.39, 0.29) is 25.1 Å². The molecule has 0 aliphatic heterocycles. The summed E-state index contributed by atoms with van der Waals surface area (Å²) in [5.74, 6) is -0.483. The van der Waals surface area contributed by atoms with Gasteiger partial charge >= 0.3 is 13.8 Å². The fraction of sp³-hybridized carbons (Fsp3) is 0.935. The van der Waals surface area contributed by atoms with Crippen LogP contribution in [0, 0.1) is 0 Å². The number of nitrogens with one attached hydrogen (secondary N) is 1. The fourth-order valence-electron chi connectivity index (χ4n) is 9.59. The second-order valence-electron chi connectivity index (χ2n) is 23.0. The smallest absolute Gasteiger partial charge is 0.456 e. The predicted octanol–water partition coefficient (Wildman–Crippen LogP) is 19.2. The number of rotatable bonds is 58. The first-order valence-corrected chi connectivity index (χ1v) is 33.0. The highest BCUT2D eigenvalue weighted by Gasteiger charge is 2.30. The standard InChI is InChI=1S/C62H123N2O7P/c1-7-10-13-16-19-22-25-28-30-31-32-33-35-37-40-43-46-49-52-55-62(66)71-60(53-50-47-44-41-38-27-24-21-18-15-12-9-3)59(58-70-72(67,68)69-57-56-64(4,5)6)63-61(65)54-51-48-45-42-39-36-34-29-26-23-20-17-14-11-8-2/h50,53,59-60H,7-49,51-52,54-58H2,1-6H3,(H-,63,65,67,68)/p+1/b53-50+. The van der Waals surface area contributed by atoms with E-state index in [2.05, 4.69) is 26.1 Å². The number of hydrogen-bond acceptors (Lipinski definition) is 6. The maximum atomic E-state index is 13.5. The van der Waals surface area contributed by atoms with Crippen LogP contribution in [0.15, 0.2) is 12.2 Å². The van der Waals surface area contributed by atoms with Crippen LogP contribution in [0.2, 0.25) is 0 Å². The van der Waals surface area contributed by atoms with Crippen molar-refractivity contribution in [1.29, 1.82) is 0 Å². The summed E-state index contributed by atoms with van der Waals surface area (Å²) in [6.07, 6.45) is 60.6. The molecule has 0 aliphatic rings. The highest BCUT2D eigenvalue weighted by molar-refractivity contribution is 7.47. The van der Waals surface area contributed by atoms with E-state index in [9.17, 15) is 19.0 Å². The van der Waals surface area contributed by atoms with Crippen LogP contribution in [-0.4, -0.2) is 74.3 Å². The summed E-state index contributed by atoms with van der Waals surface area (Å²) in [4.78, 5) is 37.7. The zero-order valence-electron chi connectivity index (χ0n) is 49.0. The lowest BCUT2D eigenvalue weighted by atomic mass is 10.0. The van der Waals surface area contributed by atoms with Gasteiger partial charge in [-0.2, -0.15) is 0 Å². The number of amides is 1. The second kappa shape index (κ2) is 53.2. The van der Waals surface area contributed by atoms with E-state index in [1.165, 1.54) is 231 Å². The Kier molecular flexibility index (Phi) is 52.2. The highest BCUT2D eigenvalue weighted by Crippen LogP contribution is 2.43. The number of esters is 1. The molecule has 0 aromatic heterocycles. The van der Waals surface area contributed by atoms with Crippen molar-refractivity contribution in [2.75, 3.05) is 40.9 Å². The molecule has 72 heavy (non-hydrogen) atoms. The molecule has 9 nitrogen and oxygen atoms in total. The van der Waals surface area contributed by atoms with Crippen molar-refractivity contribution in [3.63, 3.8) is 0 Å². The maximum Gasteiger partial charge on any atom is 0.472 e. The highest BCUT2D eigenvalue weighted by atomic mass is 31.2. The summed E-state index contributed by atoms with van der Waals surface area (Å²) in [6.45, 7) is 7.07. The largest absolute Gasteiger partial charge is 0.472 e. The molecule has 0 radical (unpaired) electrons. The van der Waals surface area contributed by atoms with E-state index in [0.29, 0.717) is 23.9 Å². The number of phosphoric acid groups is 1. The lowest BCUT2D eigenvalue weighted by Crippen LogP contribution is -2.47. The molecule has 0 saturated carbocycles. The average molecular weight is 1040 g/mol. The van der Waals surface area contributed by atoms with E-state index in [4.69, 9.17) is 13.8 Å². The molecule has 0 bridgehead atoms. The topological polar surface area (TPSA) is 111 Å². The Morgan fingerprint density at radius 2 is 0.792 bits per heavy atom. The van der Waals surface area contributed by atoms with Crippen LogP contribution >= 0.6 is 7.82 Å². The van der Waals surface area contributed by atoms with Crippen molar-refractivity contribution in [2.24, 2.45) is 0 Å². The molecule has 0 aromatic carbocycles. The van der Waals surface area contributed by atoms with E-state index in [0.717, 1.165) is 57.8 Å². The van der Waals surface area contributed by atoms with Gasteiger partial charge in [0.2, 0.25) is 5.91 Å². The van der Waals surface area contributed by atoms with Gasteiger partial charge in [0, 0.05) is 12.8 Å². The Hall–Kier alpha value is -1.25. The number of allylic oxidation sites excluding steroid dienone is 1. The molecule has 428 valence electrons. The maximum absolute atomic E-state index is 13.5. The van der Waals surface area contributed by atoms with Crippen molar-refractivity contribution in [1.82, 2.24) is 5.32 Å². The van der Waals surface area contributed by atoms with Gasteiger partial charge in [-0.3, -0.25) is 18.6 Å². The van der Waals surface area contributed by atoms with Crippen molar-refractivity contribution in [2.45, 2.75) is 335 Å². The zero-order chi connectivity index (χ0) is 52.9. The molecular formula is C62H124N2O7P+. The first-order valence-electron chi connectivity index (χ1n) is 31.5. The number of quaternary nitrogens is 1. The Bertz CT molecular complexity index is 1240. The quantitative estimate of drug-likeness (QED) is 0.0205. The second-order valence-corrected chi connectivity index (χ2v) is 24.4. The molecule has 3 unspecified atom stereocenters. The molecule has 10 heteroatoms. The molecule has 1 amide bonds. The van der Waals surface area contributed by atoms with Gasteiger partial charge in [-0.15, -0.1) is 0 Å². The zero-order valence-corrected chi connectivity index (χ0v) is 49.9. The molecule has 0 saturated heterocycles. The summed E-state index contributed by atoms with van der Waals surface area (Å²) in [5, 5.41) is 3.06. The van der Waals surface area contributed by atoms with Crippen LogP contribution in [0.5, 0.6) is 0 Å². The summed E-state index contributed by atoms with van der Waals surface area (Å²) in [7, 11) is 1.52. The van der Waals surface area contributed by atoms with E-state index >= 15 is 0 Å². The van der Waals surface area contributed by atoms with Crippen molar-refractivity contribution in [3.05, 3.63) is 12.2 Å². The minimum absolute atomic E-state index is 0.0457. The third kappa shape index (κ3) is 53.6. The number of carbonyl (C=O) groups is 2. The van der Waals surface area contributed by atoms with Gasteiger partial charge in [-0.25, -0.2) is 4.57 Å². The van der Waals surface area contributed by atoms with E-state index in [1.807, 2.05) is 33.3 Å². The van der Waals surface area contributed by atoms with Crippen molar-refractivity contribution < 1.29 is 37.3 Å². The summed E-state index contributed by atoms with van der Waals surface area (Å²) in [6, 6.07) is -0.839. The summed E-state index contributed by atoms with van der Waals surface area (Å²) >= 11 is 0. The average Bonchev–Trinajstić information content (AvgIpc) is 3.34. The monoisotopic (exact) mass is 1040 g/mol. The summed E-state index contributed by atoms with van der Waals surface area (Å²) < 4.78 is 30.7. The van der Waals surface area contributed by atoms with Crippen molar-refractivity contribution in [3.8, 4) is 0 Å².